The molecule has 1 fully saturated rings. The van der Waals surface area contributed by atoms with Crippen molar-refractivity contribution in [2.45, 2.75) is 12.5 Å². The molecular formula is C4H7O5P. The fourth-order valence-corrected chi connectivity index (χ4v) is 1.58. The second-order valence-electron chi connectivity index (χ2n) is 1.89. The molecule has 1 aliphatic rings. The maximum absolute atomic E-state index is 10.5. The molecule has 1 saturated heterocycles. The van der Waals surface area contributed by atoms with Crippen LogP contribution in [0.2, 0.25) is 0 Å². The molecule has 2 atom stereocenters. The highest BCUT2D eigenvalue weighted by molar-refractivity contribution is 7.47. The SMILES string of the molecule is O=CCC1COP(=O)(O)O1. The summed E-state index contributed by atoms with van der Waals surface area (Å²) in [5.74, 6) is 0. The fraction of sp³-hybridized carbons (Fsp3) is 0.750. The summed E-state index contributed by atoms with van der Waals surface area (Å²) in [4.78, 5) is 18.5. The van der Waals surface area contributed by atoms with E-state index in [4.69, 9.17) is 4.89 Å². The first-order valence-corrected chi connectivity index (χ1v) is 4.23. The molecule has 0 bridgehead atoms. The first-order valence-electron chi connectivity index (χ1n) is 2.73. The van der Waals surface area contributed by atoms with Crippen LogP contribution in [-0.4, -0.2) is 23.9 Å². The van der Waals surface area contributed by atoms with E-state index in [0.717, 1.165) is 0 Å². The number of carbonyl (C=O) groups is 1. The standard InChI is InChI=1S/C4H7O5P/c5-2-1-4-3-8-10(6,7)9-4/h2,4H,1,3H2,(H,6,7). The number of carbonyl (C=O) groups excluding carboxylic acids is 1. The van der Waals surface area contributed by atoms with Crippen molar-refractivity contribution < 1.29 is 23.3 Å². The largest absolute Gasteiger partial charge is 0.472 e. The van der Waals surface area contributed by atoms with Crippen molar-refractivity contribution in [3.63, 3.8) is 0 Å². The molecule has 0 spiro atoms. The number of phosphoric acid groups is 1. The molecule has 0 aliphatic carbocycles. The zero-order valence-corrected chi connectivity index (χ0v) is 5.99. The van der Waals surface area contributed by atoms with E-state index < -0.39 is 13.9 Å². The first-order chi connectivity index (χ1) is 4.64. The third kappa shape index (κ3) is 1.88. The van der Waals surface area contributed by atoms with Gasteiger partial charge in [-0.05, 0) is 0 Å². The van der Waals surface area contributed by atoms with Crippen LogP contribution in [0, 0.1) is 0 Å². The molecule has 10 heavy (non-hydrogen) atoms. The summed E-state index contributed by atoms with van der Waals surface area (Å²) in [5, 5.41) is 0. The van der Waals surface area contributed by atoms with Crippen LogP contribution < -0.4 is 0 Å². The average Bonchev–Trinajstić information content (AvgIpc) is 2.12. The molecule has 0 aromatic carbocycles. The topological polar surface area (TPSA) is 72.8 Å². The van der Waals surface area contributed by atoms with Crippen molar-refractivity contribution in [3.8, 4) is 0 Å². The molecule has 0 aromatic rings. The van der Waals surface area contributed by atoms with Gasteiger partial charge >= 0.3 is 7.82 Å². The molecule has 6 heteroatoms. The van der Waals surface area contributed by atoms with Crippen LogP contribution in [-0.2, 0) is 18.4 Å². The summed E-state index contributed by atoms with van der Waals surface area (Å²) in [6, 6.07) is 0. The van der Waals surface area contributed by atoms with Crippen LogP contribution in [0.1, 0.15) is 6.42 Å². The Kier molecular flexibility index (Phi) is 2.21. The van der Waals surface area contributed by atoms with Crippen LogP contribution >= 0.6 is 7.82 Å². The maximum atomic E-state index is 10.5. The minimum absolute atomic E-state index is 0.0204. The van der Waals surface area contributed by atoms with E-state index in [9.17, 15) is 9.36 Å². The molecule has 0 aromatic heterocycles. The van der Waals surface area contributed by atoms with Gasteiger partial charge in [-0.3, -0.25) is 9.05 Å². The predicted molar refractivity (Wildman–Crippen MR) is 31.3 cm³/mol. The lowest BCUT2D eigenvalue weighted by molar-refractivity contribution is -0.109. The van der Waals surface area contributed by atoms with E-state index in [1.165, 1.54) is 0 Å². The quantitative estimate of drug-likeness (QED) is 0.464. The monoisotopic (exact) mass is 166 g/mol. The molecule has 1 aliphatic heterocycles. The van der Waals surface area contributed by atoms with E-state index in [1.807, 2.05) is 0 Å². The van der Waals surface area contributed by atoms with Gasteiger partial charge in [-0.15, -0.1) is 0 Å². The molecular weight excluding hydrogens is 159 g/mol. The van der Waals surface area contributed by atoms with Gasteiger partial charge < -0.3 is 9.69 Å². The lowest BCUT2D eigenvalue weighted by atomic mass is 10.3. The molecule has 1 N–H and O–H groups in total. The van der Waals surface area contributed by atoms with Gasteiger partial charge in [0.05, 0.1) is 12.7 Å². The highest BCUT2D eigenvalue weighted by atomic mass is 31.2. The number of aldehydes is 1. The number of hydrogen-bond donors (Lipinski definition) is 1. The first kappa shape index (κ1) is 7.88. The van der Waals surface area contributed by atoms with Gasteiger partial charge in [0, 0.05) is 6.42 Å². The van der Waals surface area contributed by atoms with Crippen molar-refractivity contribution in [2.75, 3.05) is 6.61 Å². The van der Waals surface area contributed by atoms with Gasteiger partial charge in [0.2, 0.25) is 0 Å². The second kappa shape index (κ2) is 2.80. The van der Waals surface area contributed by atoms with E-state index in [0.29, 0.717) is 6.29 Å². The van der Waals surface area contributed by atoms with Crippen molar-refractivity contribution in [2.24, 2.45) is 0 Å². The number of hydrogen-bond acceptors (Lipinski definition) is 4. The van der Waals surface area contributed by atoms with Crippen LogP contribution in [0.3, 0.4) is 0 Å². The van der Waals surface area contributed by atoms with Gasteiger partial charge in [-0.1, -0.05) is 0 Å². The number of phosphoric ester groups is 1. The average molecular weight is 166 g/mol. The molecule has 0 saturated carbocycles. The third-order valence-corrected chi connectivity index (χ3v) is 2.10. The summed E-state index contributed by atoms with van der Waals surface area (Å²) < 4.78 is 19.3. The van der Waals surface area contributed by atoms with Crippen LogP contribution in [0.4, 0.5) is 0 Å². The zero-order valence-electron chi connectivity index (χ0n) is 5.10. The Bertz CT molecular complexity index is 178. The zero-order chi connectivity index (χ0) is 7.61. The van der Waals surface area contributed by atoms with Crippen molar-refractivity contribution in [1.82, 2.24) is 0 Å². The van der Waals surface area contributed by atoms with E-state index in [-0.39, 0.29) is 13.0 Å². The van der Waals surface area contributed by atoms with Crippen molar-refractivity contribution in [3.05, 3.63) is 0 Å². The van der Waals surface area contributed by atoms with E-state index >= 15 is 0 Å². The molecule has 58 valence electrons. The summed E-state index contributed by atoms with van der Waals surface area (Å²) in [6.45, 7) is 0.0204. The number of rotatable bonds is 2. The molecule has 1 rings (SSSR count). The van der Waals surface area contributed by atoms with Crippen LogP contribution in [0.25, 0.3) is 0 Å². The highest BCUT2D eigenvalue weighted by Crippen LogP contribution is 2.49. The third-order valence-electron chi connectivity index (χ3n) is 1.06. The molecule has 5 nitrogen and oxygen atoms in total. The van der Waals surface area contributed by atoms with Gasteiger partial charge in [0.1, 0.15) is 6.29 Å². The Hall–Kier alpha value is -0.220. The summed E-state index contributed by atoms with van der Waals surface area (Å²) in [5.41, 5.74) is 0. The Balaban J connectivity index is 2.43. The normalized spacial score (nSPS) is 39.9. The molecule has 2 unspecified atom stereocenters. The Morgan fingerprint density at radius 1 is 1.80 bits per heavy atom. The van der Waals surface area contributed by atoms with Gasteiger partial charge in [-0.2, -0.15) is 0 Å². The molecule has 1 heterocycles. The smallest absolute Gasteiger partial charge is 0.303 e. The molecule has 0 amide bonds. The Labute approximate surface area is 57.6 Å². The van der Waals surface area contributed by atoms with Gasteiger partial charge in [0.15, 0.2) is 0 Å². The minimum atomic E-state index is -3.79. The van der Waals surface area contributed by atoms with Crippen LogP contribution in [0.5, 0.6) is 0 Å². The van der Waals surface area contributed by atoms with E-state index in [1.54, 1.807) is 0 Å². The van der Waals surface area contributed by atoms with Gasteiger partial charge in [-0.25, -0.2) is 4.57 Å². The molecule has 0 radical (unpaired) electrons. The Morgan fingerprint density at radius 2 is 2.50 bits per heavy atom. The lowest BCUT2D eigenvalue weighted by Gasteiger charge is -2.00. The van der Waals surface area contributed by atoms with Crippen LogP contribution in [0.15, 0.2) is 0 Å². The maximum Gasteiger partial charge on any atom is 0.472 e. The van der Waals surface area contributed by atoms with Gasteiger partial charge in [0.25, 0.3) is 0 Å². The summed E-state index contributed by atoms with van der Waals surface area (Å²) in [7, 11) is -3.79. The Morgan fingerprint density at radius 3 is 2.90 bits per heavy atom. The lowest BCUT2D eigenvalue weighted by Crippen LogP contribution is -2.08. The summed E-state index contributed by atoms with van der Waals surface area (Å²) in [6.07, 6.45) is 0.178. The fourth-order valence-electron chi connectivity index (χ4n) is 0.645. The van der Waals surface area contributed by atoms with E-state index in [2.05, 4.69) is 9.05 Å². The second-order valence-corrected chi connectivity index (χ2v) is 3.30. The summed E-state index contributed by atoms with van der Waals surface area (Å²) >= 11 is 0. The van der Waals surface area contributed by atoms with Crippen molar-refractivity contribution >= 4 is 14.1 Å². The van der Waals surface area contributed by atoms with Crippen molar-refractivity contribution in [1.29, 1.82) is 0 Å². The minimum Gasteiger partial charge on any atom is -0.303 e. The highest BCUT2D eigenvalue weighted by Gasteiger charge is 2.34. The predicted octanol–water partition coefficient (Wildman–Crippen LogP) is 0.0912.